The lowest BCUT2D eigenvalue weighted by Crippen LogP contribution is -2.41. The van der Waals surface area contributed by atoms with Crippen LogP contribution >= 0.6 is 0 Å². The molecule has 0 fully saturated rings. The van der Waals surface area contributed by atoms with Gasteiger partial charge in [0.25, 0.3) is 10.9 Å². The first kappa shape index (κ1) is 11.3. The molecule has 0 radical (unpaired) electrons. The maximum Gasteiger partial charge on any atom is 0.253 e. The molecule has 1 heterocycles. The maximum atomic E-state index is 11.3. The minimum absolute atomic E-state index is 0.0761. The van der Waals surface area contributed by atoms with Crippen LogP contribution in [0.1, 0.15) is 5.56 Å². The zero-order valence-corrected chi connectivity index (χ0v) is 9.51. The van der Waals surface area contributed by atoms with E-state index in [1.54, 1.807) is 24.3 Å². The largest absolute Gasteiger partial charge is 0.394 e. The Morgan fingerprint density at radius 1 is 1.24 bits per heavy atom. The van der Waals surface area contributed by atoms with Crippen LogP contribution in [-0.4, -0.2) is 18.6 Å². The molecule has 1 aromatic heterocycles. The summed E-state index contributed by atoms with van der Waals surface area (Å²) >= 11 is 0. The van der Waals surface area contributed by atoms with Gasteiger partial charge >= 0.3 is 0 Å². The van der Waals surface area contributed by atoms with Crippen molar-refractivity contribution in [3.63, 3.8) is 0 Å². The highest BCUT2D eigenvalue weighted by atomic mass is 16.2. The number of hydrogen-bond donors (Lipinski definition) is 1. The molecule has 88 valence electrons. The number of aromatic nitrogens is 1. The van der Waals surface area contributed by atoms with Gasteiger partial charge in [0.1, 0.15) is 11.4 Å². The molecule has 0 aliphatic heterocycles. The molecule has 1 aromatic carbocycles. The molecular formula is C12H13N3O2. The van der Waals surface area contributed by atoms with Crippen molar-refractivity contribution < 1.29 is 0 Å². The summed E-state index contributed by atoms with van der Waals surface area (Å²) in [6, 6.07) is 3.83. The van der Waals surface area contributed by atoms with Crippen molar-refractivity contribution in [2.24, 2.45) is 0 Å². The highest BCUT2D eigenvalue weighted by molar-refractivity contribution is 5.72. The molecule has 2 aromatic rings. The molecule has 2 N–H and O–H groups in total. The number of pyridine rings is 1. The van der Waals surface area contributed by atoms with E-state index in [1.807, 2.05) is 12.1 Å². The molecule has 5 heteroatoms. The SMILES string of the molecule is CN(CCc1ccncc1)c1c(N)c(=O)c1=O. The van der Waals surface area contributed by atoms with E-state index in [4.69, 9.17) is 5.73 Å². The second-order valence-electron chi connectivity index (χ2n) is 3.95. The number of nitrogens with zero attached hydrogens (tertiary/aromatic N) is 2. The van der Waals surface area contributed by atoms with Crippen molar-refractivity contribution >= 4 is 11.4 Å². The summed E-state index contributed by atoms with van der Waals surface area (Å²) in [7, 11) is 1.76. The minimum atomic E-state index is -0.573. The summed E-state index contributed by atoms with van der Waals surface area (Å²) in [5, 5.41) is 0. The molecular weight excluding hydrogens is 218 g/mol. The Morgan fingerprint density at radius 3 is 2.47 bits per heavy atom. The van der Waals surface area contributed by atoms with Crippen molar-refractivity contribution in [1.29, 1.82) is 0 Å². The van der Waals surface area contributed by atoms with Crippen LogP contribution in [0, 0.1) is 0 Å². The predicted molar refractivity (Wildman–Crippen MR) is 67.0 cm³/mol. The molecule has 0 bridgehead atoms. The molecule has 0 atom stereocenters. The van der Waals surface area contributed by atoms with E-state index in [0.717, 1.165) is 12.0 Å². The van der Waals surface area contributed by atoms with Gasteiger partial charge < -0.3 is 10.6 Å². The number of likely N-dealkylation sites (N-methyl/N-ethyl adjacent to an activating group) is 1. The zero-order chi connectivity index (χ0) is 12.4. The van der Waals surface area contributed by atoms with E-state index in [9.17, 15) is 9.59 Å². The minimum Gasteiger partial charge on any atom is -0.394 e. The standard InChI is InChI=1S/C12H13N3O2/c1-15(10-9(13)11(16)12(10)17)7-4-8-2-5-14-6-3-8/h2-3,5-6H,4,7,13H2,1H3. The molecule has 0 saturated heterocycles. The first-order valence-corrected chi connectivity index (χ1v) is 5.30. The fraction of sp³-hybridized carbons (Fsp3) is 0.250. The van der Waals surface area contributed by atoms with Crippen molar-refractivity contribution in [2.75, 3.05) is 24.2 Å². The third kappa shape index (κ3) is 2.04. The molecule has 0 saturated carbocycles. The van der Waals surface area contributed by atoms with Gasteiger partial charge in [-0.1, -0.05) is 0 Å². The maximum absolute atomic E-state index is 11.3. The van der Waals surface area contributed by atoms with Crippen molar-refractivity contribution in [3.05, 3.63) is 50.5 Å². The molecule has 2 rings (SSSR count). The Morgan fingerprint density at radius 2 is 1.88 bits per heavy atom. The lowest BCUT2D eigenvalue weighted by molar-refractivity contribution is 0.867. The van der Waals surface area contributed by atoms with E-state index in [2.05, 4.69) is 4.98 Å². The molecule has 17 heavy (non-hydrogen) atoms. The van der Waals surface area contributed by atoms with Crippen molar-refractivity contribution in [3.8, 4) is 0 Å². The molecule has 0 aliphatic rings. The monoisotopic (exact) mass is 231 g/mol. The molecule has 0 spiro atoms. The summed E-state index contributed by atoms with van der Waals surface area (Å²) in [5.74, 6) is 0. The van der Waals surface area contributed by atoms with E-state index >= 15 is 0 Å². The lowest BCUT2D eigenvalue weighted by Gasteiger charge is -2.21. The van der Waals surface area contributed by atoms with Crippen molar-refractivity contribution in [2.45, 2.75) is 6.42 Å². The topological polar surface area (TPSA) is 76.3 Å². The molecule has 0 unspecified atom stereocenters. The Balaban J connectivity index is 2.02. The van der Waals surface area contributed by atoms with Gasteiger partial charge in [-0.15, -0.1) is 0 Å². The number of nitrogen functional groups attached to an aromatic ring is 1. The Bertz CT molecular complexity index is 585. The highest BCUT2D eigenvalue weighted by Gasteiger charge is 2.20. The summed E-state index contributed by atoms with van der Waals surface area (Å²) in [6.45, 7) is 0.638. The average Bonchev–Trinajstić information content (AvgIpc) is 2.37. The smallest absolute Gasteiger partial charge is 0.253 e. The summed E-state index contributed by atoms with van der Waals surface area (Å²) in [5.41, 5.74) is 5.97. The van der Waals surface area contributed by atoms with E-state index < -0.39 is 10.9 Å². The van der Waals surface area contributed by atoms with Crippen LogP contribution in [0.25, 0.3) is 0 Å². The van der Waals surface area contributed by atoms with Crippen LogP contribution in [0.4, 0.5) is 11.4 Å². The van der Waals surface area contributed by atoms with E-state index in [1.165, 1.54) is 0 Å². The summed E-state index contributed by atoms with van der Waals surface area (Å²) in [4.78, 5) is 27.9. The van der Waals surface area contributed by atoms with Gasteiger partial charge in [0.2, 0.25) is 0 Å². The quantitative estimate of drug-likeness (QED) is 0.746. The van der Waals surface area contributed by atoms with E-state index in [-0.39, 0.29) is 5.69 Å². The summed E-state index contributed by atoms with van der Waals surface area (Å²) in [6.07, 6.45) is 4.22. The number of hydrogen-bond acceptors (Lipinski definition) is 5. The molecule has 5 nitrogen and oxygen atoms in total. The van der Waals surface area contributed by atoms with Gasteiger partial charge in [-0.3, -0.25) is 14.6 Å². The number of rotatable bonds is 4. The zero-order valence-electron chi connectivity index (χ0n) is 9.51. The lowest BCUT2D eigenvalue weighted by atomic mass is 10.1. The molecule has 0 amide bonds. The highest BCUT2D eigenvalue weighted by Crippen LogP contribution is 2.14. The van der Waals surface area contributed by atoms with Gasteiger partial charge in [0.05, 0.1) is 0 Å². The fourth-order valence-corrected chi connectivity index (χ4v) is 1.73. The third-order valence-electron chi connectivity index (χ3n) is 2.79. The normalized spacial score (nSPS) is 10.6. The van der Waals surface area contributed by atoms with Crippen LogP contribution in [0.5, 0.6) is 0 Å². The second-order valence-corrected chi connectivity index (χ2v) is 3.95. The van der Waals surface area contributed by atoms with E-state index in [0.29, 0.717) is 12.2 Å². The Labute approximate surface area is 98.2 Å². The molecule has 0 aliphatic carbocycles. The van der Waals surface area contributed by atoms with Crippen LogP contribution in [0.15, 0.2) is 34.1 Å². The second kappa shape index (κ2) is 4.37. The fourth-order valence-electron chi connectivity index (χ4n) is 1.73. The number of anilines is 2. The van der Waals surface area contributed by atoms with Crippen LogP contribution in [0.3, 0.4) is 0 Å². The van der Waals surface area contributed by atoms with Crippen molar-refractivity contribution in [1.82, 2.24) is 4.98 Å². The van der Waals surface area contributed by atoms with Crippen LogP contribution < -0.4 is 21.5 Å². The first-order valence-electron chi connectivity index (χ1n) is 5.30. The van der Waals surface area contributed by atoms with Gasteiger partial charge in [-0.2, -0.15) is 0 Å². The summed E-state index contributed by atoms with van der Waals surface area (Å²) < 4.78 is 0. The van der Waals surface area contributed by atoms with Gasteiger partial charge in [0, 0.05) is 26.0 Å². The van der Waals surface area contributed by atoms with Gasteiger partial charge in [-0.25, -0.2) is 0 Å². The van der Waals surface area contributed by atoms with Crippen LogP contribution in [0.2, 0.25) is 0 Å². The van der Waals surface area contributed by atoms with Gasteiger partial charge in [-0.05, 0) is 24.1 Å². The predicted octanol–water partition coefficient (Wildman–Crippen LogP) is -0.0613. The van der Waals surface area contributed by atoms with Crippen LogP contribution in [-0.2, 0) is 6.42 Å². The number of nitrogens with two attached hydrogens (primary N) is 1. The Hall–Kier alpha value is -2.17. The average molecular weight is 231 g/mol. The Kier molecular flexibility index (Phi) is 2.91. The van der Waals surface area contributed by atoms with Gasteiger partial charge in [0.15, 0.2) is 0 Å². The third-order valence-corrected chi connectivity index (χ3v) is 2.79. The first-order chi connectivity index (χ1) is 8.11.